The van der Waals surface area contributed by atoms with Gasteiger partial charge in [0.2, 0.25) is 6.41 Å². The smallest absolute Gasteiger partial charge is 0.256 e. The second-order valence-corrected chi connectivity index (χ2v) is 10.4. The van der Waals surface area contributed by atoms with Gasteiger partial charge in [0.05, 0.1) is 5.69 Å². The third kappa shape index (κ3) is 8.65. The number of rotatable bonds is 11. The fraction of sp³-hybridized carbons (Fsp3) is 0.235. The summed E-state index contributed by atoms with van der Waals surface area (Å²) < 4.78 is 0. The van der Waals surface area contributed by atoms with E-state index in [0.29, 0.717) is 34.3 Å². The summed E-state index contributed by atoms with van der Waals surface area (Å²) in [6.45, 7) is 10.3. The minimum absolute atomic E-state index is 0.268. The predicted octanol–water partition coefficient (Wildman–Crippen LogP) is 6.27. The molecule has 3 rings (SSSR count). The minimum Gasteiger partial charge on any atom is -0.400 e. The lowest BCUT2D eigenvalue weighted by atomic mass is 10.1. The first-order valence-corrected chi connectivity index (χ1v) is 14.0. The van der Waals surface area contributed by atoms with Gasteiger partial charge in [-0.1, -0.05) is 23.8 Å². The topological polar surface area (TPSA) is 107 Å². The number of nitrogens with one attached hydrogen (secondary N) is 1. The van der Waals surface area contributed by atoms with E-state index in [9.17, 15) is 9.59 Å². The number of allylic oxidation sites excluding steroid dienone is 3. The Morgan fingerprint density at radius 1 is 1.00 bits per heavy atom. The number of hydrogen-bond donors (Lipinski definition) is 2. The van der Waals surface area contributed by atoms with Crippen molar-refractivity contribution in [2.45, 2.75) is 34.6 Å². The molecule has 0 aliphatic heterocycles. The molecule has 3 N–H and O–H groups in total. The van der Waals surface area contributed by atoms with Gasteiger partial charge in [-0.2, -0.15) is 0 Å². The highest BCUT2D eigenvalue weighted by Crippen LogP contribution is 2.27. The number of amidine groups is 1. The molecule has 0 radical (unpaired) electrons. The molecule has 9 nitrogen and oxygen atoms in total. The lowest BCUT2D eigenvalue weighted by molar-refractivity contribution is -0.106. The van der Waals surface area contributed by atoms with Crippen LogP contribution in [-0.4, -0.2) is 43.8 Å². The number of carbonyl (C=O) groups excluding carboxylic acids is 2. The van der Waals surface area contributed by atoms with Gasteiger partial charge >= 0.3 is 0 Å². The van der Waals surface area contributed by atoms with Gasteiger partial charge in [0.1, 0.15) is 11.5 Å². The average Bonchev–Trinajstić information content (AvgIpc) is 2.98. The number of hydrogen-bond acceptors (Lipinski definition) is 7. The van der Waals surface area contributed by atoms with Crippen LogP contribution in [0.4, 0.5) is 22.9 Å². The van der Waals surface area contributed by atoms with Gasteiger partial charge in [0, 0.05) is 55.7 Å². The van der Waals surface area contributed by atoms with E-state index in [4.69, 9.17) is 10.7 Å². The number of carbonyl (C=O) groups is 2. The number of benzene rings is 2. The zero-order valence-electron chi connectivity index (χ0n) is 26.0. The van der Waals surface area contributed by atoms with Crippen molar-refractivity contribution in [2.24, 2.45) is 10.7 Å². The van der Waals surface area contributed by atoms with Crippen molar-refractivity contribution in [3.8, 4) is 0 Å². The Balaban J connectivity index is 1.98. The normalized spacial score (nSPS) is 11.9. The lowest BCUT2D eigenvalue weighted by Gasteiger charge is -2.30. The molecular weight excluding hydrogens is 538 g/mol. The molecule has 9 heteroatoms. The molecule has 0 fully saturated rings. The van der Waals surface area contributed by atoms with Crippen molar-refractivity contribution in [3.63, 3.8) is 0 Å². The molecule has 2 aromatic carbocycles. The zero-order chi connectivity index (χ0) is 31.5. The largest absolute Gasteiger partial charge is 0.400 e. The SMILES string of the molecule is CC=CCN(C)c1cccc(N(C=O)C(=NC=C(C)C)/C(=C(\C)N)N(C)c2ccc(C(=O)Nc3cc(C)ccn3)cc2)c1. The molecule has 2 amide bonds. The summed E-state index contributed by atoms with van der Waals surface area (Å²) in [4.78, 5) is 39.9. The Hall–Kier alpha value is -5.18. The number of nitrogens with two attached hydrogens (primary N) is 1. The fourth-order valence-electron chi connectivity index (χ4n) is 4.26. The van der Waals surface area contributed by atoms with Crippen molar-refractivity contribution in [1.82, 2.24) is 4.98 Å². The van der Waals surface area contributed by atoms with E-state index in [-0.39, 0.29) is 5.91 Å². The van der Waals surface area contributed by atoms with E-state index < -0.39 is 0 Å². The number of pyridine rings is 1. The molecule has 0 unspecified atom stereocenters. The Labute approximate surface area is 254 Å². The van der Waals surface area contributed by atoms with Crippen LogP contribution in [0.15, 0.2) is 107 Å². The molecule has 224 valence electrons. The van der Waals surface area contributed by atoms with E-state index in [0.717, 1.165) is 35.5 Å². The first-order chi connectivity index (χ1) is 20.5. The van der Waals surface area contributed by atoms with E-state index in [1.165, 1.54) is 4.90 Å². The number of aromatic nitrogens is 1. The number of nitrogens with zero attached hydrogens (tertiary/aromatic N) is 5. The van der Waals surface area contributed by atoms with Gasteiger partial charge < -0.3 is 20.9 Å². The van der Waals surface area contributed by atoms with Crippen LogP contribution in [0.3, 0.4) is 0 Å². The maximum Gasteiger partial charge on any atom is 0.256 e. The van der Waals surface area contributed by atoms with Gasteiger partial charge in [-0.05, 0) is 94.8 Å². The first-order valence-electron chi connectivity index (χ1n) is 14.0. The van der Waals surface area contributed by atoms with E-state index >= 15 is 0 Å². The molecule has 0 bridgehead atoms. The highest BCUT2D eigenvalue weighted by Gasteiger charge is 2.24. The molecule has 43 heavy (non-hydrogen) atoms. The van der Waals surface area contributed by atoms with Crippen LogP contribution in [0.25, 0.3) is 0 Å². The zero-order valence-corrected chi connectivity index (χ0v) is 26.0. The summed E-state index contributed by atoms with van der Waals surface area (Å²) >= 11 is 0. The number of amides is 2. The van der Waals surface area contributed by atoms with Gasteiger partial charge in [0.15, 0.2) is 5.84 Å². The van der Waals surface area contributed by atoms with Crippen LogP contribution in [0.5, 0.6) is 0 Å². The number of likely N-dealkylation sites (N-methyl/N-ethyl adjacent to an activating group) is 2. The molecule has 0 aliphatic rings. The van der Waals surface area contributed by atoms with Crippen molar-refractivity contribution >= 4 is 41.0 Å². The van der Waals surface area contributed by atoms with Crippen LogP contribution < -0.4 is 25.8 Å². The van der Waals surface area contributed by atoms with Gasteiger partial charge in [-0.25, -0.2) is 9.98 Å². The summed E-state index contributed by atoms with van der Waals surface area (Å²) in [5, 5.41) is 2.83. The second kappa shape index (κ2) is 15.2. The molecular formula is C34H41N7O2. The minimum atomic E-state index is -0.268. The molecule has 0 saturated carbocycles. The summed E-state index contributed by atoms with van der Waals surface area (Å²) in [5.41, 5.74) is 12.2. The summed E-state index contributed by atoms with van der Waals surface area (Å²) in [5.74, 6) is 0.580. The maximum atomic E-state index is 12.9. The molecule has 0 atom stereocenters. The molecule has 1 aromatic heterocycles. The molecule has 0 saturated heterocycles. The van der Waals surface area contributed by atoms with Crippen LogP contribution in [-0.2, 0) is 4.79 Å². The number of aryl methyl sites for hydroxylation is 1. The third-order valence-electron chi connectivity index (χ3n) is 6.54. The predicted molar refractivity (Wildman–Crippen MR) is 179 cm³/mol. The Bertz CT molecular complexity index is 1550. The van der Waals surface area contributed by atoms with E-state index in [1.807, 2.05) is 101 Å². The lowest BCUT2D eigenvalue weighted by Crippen LogP contribution is -2.38. The first kappa shape index (κ1) is 32.3. The van der Waals surface area contributed by atoms with Gasteiger partial charge in [-0.3, -0.25) is 14.5 Å². The Kier molecular flexibility index (Phi) is 11.4. The van der Waals surface area contributed by atoms with Crippen molar-refractivity contribution in [3.05, 3.63) is 113 Å². The monoisotopic (exact) mass is 579 g/mol. The average molecular weight is 580 g/mol. The highest BCUT2D eigenvalue weighted by molar-refractivity contribution is 6.20. The Morgan fingerprint density at radius 2 is 1.70 bits per heavy atom. The molecule has 1 heterocycles. The number of aliphatic imine (C=N–C) groups is 1. The van der Waals surface area contributed by atoms with E-state index in [1.54, 1.807) is 31.5 Å². The van der Waals surface area contributed by atoms with Gasteiger partial charge in [-0.15, -0.1) is 0 Å². The van der Waals surface area contributed by atoms with Crippen molar-refractivity contribution in [1.29, 1.82) is 0 Å². The summed E-state index contributed by atoms with van der Waals surface area (Å²) in [7, 11) is 3.84. The van der Waals surface area contributed by atoms with Crippen LogP contribution in [0, 0.1) is 6.92 Å². The van der Waals surface area contributed by atoms with Crippen LogP contribution in [0.2, 0.25) is 0 Å². The standard InChI is InChI=1S/C34H41N7O2/c1-8-9-19-39(6)29-11-10-12-30(21-29)41(23-42)33(37-22-24(2)3)32(26(5)35)40(7)28-15-13-27(14-16-28)34(43)38-31-20-25(4)17-18-36-31/h8-18,20-23H,19,35H2,1-7H3,(H,36,38,43)/b9-8?,32-26-,37-33?. The van der Waals surface area contributed by atoms with Gasteiger partial charge in [0.25, 0.3) is 5.91 Å². The number of anilines is 4. The molecule has 0 aliphatic carbocycles. The maximum absolute atomic E-state index is 12.9. The fourth-order valence-corrected chi connectivity index (χ4v) is 4.26. The summed E-state index contributed by atoms with van der Waals surface area (Å²) in [6.07, 6.45) is 8.16. The van der Waals surface area contributed by atoms with Crippen molar-refractivity contribution < 1.29 is 9.59 Å². The van der Waals surface area contributed by atoms with Crippen LogP contribution in [0.1, 0.15) is 43.6 Å². The highest BCUT2D eigenvalue weighted by atomic mass is 16.1. The quantitative estimate of drug-likeness (QED) is 0.120. The summed E-state index contributed by atoms with van der Waals surface area (Å²) in [6, 6.07) is 18.5. The van der Waals surface area contributed by atoms with Crippen molar-refractivity contribution in [2.75, 3.05) is 40.7 Å². The van der Waals surface area contributed by atoms with E-state index in [2.05, 4.69) is 21.3 Å². The molecule has 3 aromatic rings. The second-order valence-electron chi connectivity index (χ2n) is 10.4. The van der Waals surface area contributed by atoms with Crippen LogP contribution >= 0.6 is 0 Å². The molecule has 0 spiro atoms. The third-order valence-corrected chi connectivity index (χ3v) is 6.54. The Morgan fingerprint density at radius 3 is 2.30 bits per heavy atom.